The molecule has 0 bridgehead atoms. The molecule has 0 heterocycles. The van der Waals surface area contributed by atoms with E-state index in [0.29, 0.717) is 11.1 Å². The summed E-state index contributed by atoms with van der Waals surface area (Å²) in [5, 5.41) is 12.3. The number of ether oxygens (including phenoxy) is 3. The summed E-state index contributed by atoms with van der Waals surface area (Å²) in [4.78, 5) is 55.6. The van der Waals surface area contributed by atoms with Crippen molar-refractivity contribution in [3.05, 3.63) is 71.8 Å². The van der Waals surface area contributed by atoms with Gasteiger partial charge in [0.2, 0.25) is 5.54 Å². The fourth-order valence-electron chi connectivity index (χ4n) is 3.37. The minimum atomic E-state index is -2.74. The molecule has 0 saturated heterocycles. The van der Waals surface area contributed by atoms with Crippen molar-refractivity contribution in [3.8, 4) is 0 Å². The topological polar surface area (TPSA) is 193 Å². The molecular weight excluding hydrogens is 508 g/mol. The summed E-state index contributed by atoms with van der Waals surface area (Å²) >= 11 is 0. The maximum atomic E-state index is 13.3. The van der Waals surface area contributed by atoms with Crippen molar-refractivity contribution in [1.82, 2.24) is 5.32 Å². The Labute approximate surface area is 226 Å². The molecule has 2 aromatic carbocycles. The number of benzene rings is 2. The molecule has 0 spiro atoms. The first-order valence-electron chi connectivity index (χ1n) is 12.0. The SMILES string of the molecule is CC(C)(C)OC(=O)[C@@](CC(CN=C(N)N)C(=O)OCc1ccccc1)(NC(=O)OCc1ccccc1)C(=O)O. The van der Waals surface area contributed by atoms with E-state index in [-0.39, 0.29) is 19.2 Å². The predicted octanol–water partition coefficient (Wildman–Crippen LogP) is 2.10. The Morgan fingerprint density at radius 3 is 1.87 bits per heavy atom. The van der Waals surface area contributed by atoms with Crippen LogP contribution >= 0.6 is 0 Å². The van der Waals surface area contributed by atoms with Gasteiger partial charge >= 0.3 is 24.0 Å². The van der Waals surface area contributed by atoms with Crippen molar-refractivity contribution in [1.29, 1.82) is 0 Å². The lowest BCUT2D eigenvalue weighted by atomic mass is 9.86. The third-order valence-corrected chi connectivity index (χ3v) is 5.24. The van der Waals surface area contributed by atoms with E-state index in [0.717, 1.165) is 0 Å². The van der Waals surface area contributed by atoms with Gasteiger partial charge in [0.05, 0.1) is 12.5 Å². The van der Waals surface area contributed by atoms with Crippen LogP contribution in [0.3, 0.4) is 0 Å². The quantitative estimate of drug-likeness (QED) is 0.101. The van der Waals surface area contributed by atoms with E-state index in [2.05, 4.69) is 10.3 Å². The third-order valence-electron chi connectivity index (χ3n) is 5.24. The summed E-state index contributed by atoms with van der Waals surface area (Å²) in [5.41, 5.74) is 8.28. The number of amides is 1. The van der Waals surface area contributed by atoms with Crippen LogP contribution in [0.25, 0.3) is 0 Å². The van der Waals surface area contributed by atoms with Crippen molar-refractivity contribution in [2.75, 3.05) is 6.54 Å². The molecule has 2 atom stereocenters. The van der Waals surface area contributed by atoms with Crippen LogP contribution in [0.5, 0.6) is 0 Å². The molecule has 0 aliphatic rings. The summed E-state index contributed by atoms with van der Waals surface area (Å²) in [6.45, 7) is 3.82. The zero-order valence-electron chi connectivity index (χ0n) is 22.1. The first-order chi connectivity index (χ1) is 18.3. The maximum absolute atomic E-state index is 13.3. The highest BCUT2D eigenvalue weighted by Crippen LogP contribution is 2.25. The van der Waals surface area contributed by atoms with Gasteiger partial charge in [0, 0.05) is 6.42 Å². The number of carbonyl (C=O) groups is 4. The molecule has 0 aliphatic heterocycles. The molecular formula is C27H34N4O8. The van der Waals surface area contributed by atoms with E-state index in [4.69, 9.17) is 25.7 Å². The van der Waals surface area contributed by atoms with Crippen LogP contribution in [0, 0.1) is 5.92 Å². The smallest absolute Gasteiger partial charge is 0.408 e. The number of rotatable bonds is 12. The van der Waals surface area contributed by atoms with E-state index < -0.39 is 54.0 Å². The number of aliphatic carboxylic acids is 1. The van der Waals surface area contributed by atoms with Crippen LogP contribution in [0.1, 0.15) is 38.3 Å². The fraction of sp³-hybridized carbons (Fsp3) is 0.370. The summed E-state index contributed by atoms with van der Waals surface area (Å²) in [6.07, 6.45) is -2.01. The monoisotopic (exact) mass is 542 g/mol. The van der Waals surface area contributed by atoms with Gasteiger partial charge in [-0.15, -0.1) is 0 Å². The van der Waals surface area contributed by atoms with Gasteiger partial charge in [0.1, 0.15) is 18.8 Å². The standard InChI is InChI=1S/C27H34N4O8/c1-26(2,3)39-23(35)27(22(33)34,31-25(36)38-17-19-12-8-5-9-13-19)14-20(15-30-24(28)29)21(32)37-16-18-10-6-4-7-11-18/h4-13,20H,14-17H2,1-3H3,(H,31,36)(H,33,34)(H4,28,29,30)/t20?,27-/m0/s1. The Balaban J connectivity index is 2.37. The average molecular weight is 543 g/mol. The van der Waals surface area contributed by atoms with Gasteiger partial charge in [-0.1, -0.05) is 60.7 Å². The lowest BCUT2D eigenvalue weighted by Crippen LogP contribution is -2.63. The molecule has 12 heteroatoms. The van der Waals surface area contributed by atoms with Gasteiger partial charge in [-0.2, -0.15) is 0 Å². The minimum Gasteiger partial charge on any atom is -0.479 e. The number of nitrogens with one attached hydrogen (secondary N) is 1. The lowest BCUT2D eigenvalue weighted by molar-refractivity contribution is -0.172. The molecule has 39 heavy (non-hydrogen) atoms. The highest BCUT2D eigenvalue weighted by atomic mass is 16.6. The van der Waals surface area contributed by atoms with Crippen LogP contribution < -0.4 is 16.8 Å². The number of carbonyl (C=O) groups excluding carboxylic acids is 3. The predicted molar refractivity (Wildman–Crippen MR) is 141 cm³/mol. The van der Waals surface area contributed by atoms with Gasteiger partial charge in [-0.25, -0.2) is 14.4 Å². The van der Waals surface area contributed by atoms with E-state index in [9.17, 15) is 24.3 Å². The number of hydrogen-bond acceptors (Lipinski definition) is 8. The number of esters is 2. The number of hydrogen-bond donors (Lipinski definition) is 4. The zero-order chi connectivity index (χ0) is 29.1. The van der Waals surface area contributed by atoms with Crippen LogP contribution in [0.4, 0.5) is 4.79 Å². The van der Waals surface area contributed by atoms with Crippen molar-refractivity contribution in [2.45, 2.75) is 51.5 Å². The zero-order valence-corrected chi connectivity index (χ0v) is 22.1. The number of nitrogens with two attached hydrogens (primary N) is 2. The second kappa shape index (κ2) is 13.8. The second-order valence-electron chi connectivity index (χ2n) is 9.66. The molecule has 0 radical (unpaired) electrons. The van der Waals surface area contributed by atoms with Crippen LogP contribution in [0.15, 0.2) is 65.7 Å². The molecule has 2 aromatic rings. The third kappa shape index (κ3) is 9.99. The van der Waals surface area contributed by atoms with Crippen LogP contribution in [-0.2, 0) is 41.8 Å². The molecule has 0 aliphatic carbocycles. The number of carboxylic acids is 1. The number of aliphatic imine (C=N–C) groups is 1. The van der Waals surface area contributed by atoms with E-state index in [1.807, 2.05) is 0 Å². The second-order valence-corrected chi connectivity index (χ2v) is 9.66. The molecule has 2 rings (SSSR count). The molecule has 12 nitrogen and oxygen atoms in total. The Bertz CT molecular complexity index is 1160. The molecule has 210 valence electrons. The summed E-state index contributed by atoms with van der Waals surface area (Å²) in [6, 6.07) is 17.4. The Hall–Kier alpha value is -4.61. The summed E-state index contributed by atoms with van der Waals surface area (Å²) in [7, 11) is 0. The van der Waals surface area contributed by atoms with Gasteiger partial charge in [0.25, 0.3) is 0 Å². The lowest BCUT2D eigenvalue weighted by Gasteiger charge is -2.33. The Kier molecular flexibility index (Phi) is 10.8. The largest absolute Gasteiger partial charge is 0.479 e. The van der Waals surface area contributed by atoms with Crippen molar-refractivity contribution >= 4 is 30.0 Å². The minimum absolute atomic E-state index is 0.128. The number of carboxylic acid groups (broad SMARTS) is 1. The molecule has 0 saturated carbocycles. The van der Waals surface area contributed by atoms with E-state index >= 15 is 0 Å². The molecule has 1 unspecified atom stereocenters. The number of guanidine groups is 1. The normalized spacial score (nSPS) is 13.2. The maximum Gasteiger partial charge on any atom is 0.408 e. The fourth-order valence-corrected chi connectivity index (χ4v) is 3.37. The van der Waals surface area contributed by atoms with Crippen LogP contribution in [-0.4, -0.2) is 52.8 Å². The van der Waals surface area contributed by atoms with Crippen LogP contribution in [0.2, 0.25) is 0 Å². The van der Waals surface area contributed by atoms with Gasteiger partial charge in [-0.3, -0.25) is 15.1 Å². The highest BCUT2D eigenvalue weighted by molar-refractivity contribution is 6.07. The van der Waals surface area contributed by atoms with Gasteiger partial charge in [-0.05, 0) is 31.9 Å². The van der Waals surface area contributed by atoms with Gasteiger partial charge in [0.15, 0.2) is 5.96 Å². The number of alkyl carbamates (subject to hydrolysis) is 1. The van der Waals surface area contributed by atoms with E-state index in [1.54, 1.807) is 60.7 Å². The average Bonchev–Trinajstić information content (AvgIpc) is 2.87. The Morgan fingerprint density at radius 1 is 0.897 bits per heavy atom. The first kappa shape index (κ1) is 30.6. The van der Waals surface area contributed by atoms with Crippen molar-refractivity contribution < 1.29 is 38.5 Å². The van der Waals surface area contributed by atoms with Gasteiger partial charge < -0.3 is 30.8 Å². The molecule has 0 fully saturated rings. The molecule has 6 N–H and O–H groups in total. The number of nitrogens with zero attached hydrogens (tertiary/aromatic N) is 1. The summed E-state index contributed by atoms with van der Waals surface area (Å²) in [5.74, 6) is -5.72. The summed E-state index contributed by atoms with van der Waals surface area (Å²) < 4.78 is 15.9. The van der Waals surface area contributed by atoms with Crippen molar-refractivity contribution in [3.63, 3.8) is 0 Å². The van der Waals surface area contributed by atoms with Crippen molar-refractivity contribution in [2.24, 2.45) is 22.4 Å². The molecule has 0 aromatic heterocycles. The van der Waals surface area contributed by atoms with E-state index in [1.165, 1.54) is 20.8 Å². The highest BCUT2D eigenvalue weighted by Gasteiger charge is 2.53. The molecule has 1 amide bonds. The Morgan fingerprint density at radius 2 is 1.41 bits per heavy atom. The first-order valence-corrected chi connectivity index (χ1v) is 12.0.